The number of likely N-dealkylation sites (N-methyl/N-ethyl adjacent to an activating group) is 1. The quantitative estimate of drug-likeness (QED) is 0.536. The SMILES string of the molecule is CN1C[C@H](CO)C=C2c3cccc4[nH]c(Br)c(c34)C[C@H]21.O=C(O)/C=C\C(=O)O. The number of halogens is 1. The van der Waals surface area contributed by atoms with Gasteiger partial charge in [-0.05, 0) is 52.2 Å². The van der Waals surface area contributed by atoms with Crippen molar-refractivity contribution in [1.82, 2.24) is 9.88 Å². The van der Waals surface area contributed by atoms with E-state index < -0.39 is 11.9 Å². The Morgan fingerprint density at radius 2 is 1.96 bits per heavy atom. The molecule has 0 radical (unpaired) electrons. The molecule has 1 aromatic heterocycles. The Hall–Kier alpha value is -2.42. The standard InChI is InChI=1S/C16H17BrN2O.C4H4O4/c1-19-7-9(8-20)5-11-10-3-2-4-13-15(10)12(6-14(11)19)16(17)18-13;5-3(6)1-2-4(7)8/h2-5,9,14,18,20H,6-8H2,1H3;1-2H,(H,5,6)(H,7,8)/b;2-1-/t9-,14-;/m1./s1. The molecule has 4 rings (SSSR count). The van der Waals surface area contributed by atoms with Gasteiger partial charge in [-0.2, -0.15) is 0 Å². The summed E-state index contributed by atoms with van der Waals surface area (Å²) >= 11 is 3.67. The molecule has 2 heterocycles. The summed E-state index contributed by atoms with van der Waals surface area (Å²) < 4.78 is 1.11. The Bertz CT molecular complexity index is 962. The average molecular weight is 449 g/mol. The second kappa shape index (κ2) is 8.30. The van der Waals surface area contributed by atoms with Crippen LogP contribution >= 0.6 is 15.9 Å². The smallest absolute Gasteiger partial charge is 0.328 e. The van der Waals surface area contributed by atoms with Gasteiger partial charge in [0.25, 0.3) is 0 Å². The third-order valence-electron chi connectivity index (χ3n) is 5.02. The van der Waals surface area contributed by atoms with Gasteiger partial charge in [0.2, 0.25) is 0 Å². The first-order valence-electron chi connectivity index (χ1n) is 8.78. The van der Waals surface area contributed by atoms with E-state index in [1.54, 1.807) is 0 Å². The van der Waals surface area contributed by atoms with E-state index >= 15 is 0 Å². The molecule has 0 fully saturated rings. The fourth-order valence-electron chi connectivity index (χ4n) is 3.85. The summed E-state index contributed by atoms with van der Waals surface area (Å²) in [4.78, 5) is 24.9. The minimum atomic E-state index is -1.26. The number of nitrogens with one attached hydrogen (secondary N) is 1. The van der Waals surface area contributed by atoms with Crippen LogP contribution in [0.2, 0.25) is 0 Å². The van der Waals surface area contributed by atoms with Gasteiger partial charge in [-0.3, -0.25) is 4.90 Å². The van der Waals surface area contributed by atoms with Crippen LogP contribution in [0.25, 0.3) is 16.5 Å². The molecule has 2 atom stereocenters. The molecule has 0 spiro atoms. The molecule has 0 unspecified atom stereocenters. The van der Waals surface area contributed by atoms with E-state index in [0.717, 1.165) is 17.6 Å². The highest BCUT2D eigenvalue weighted by molar-refractivity contribution is 9.10. The van der Waals surface area contributed by atoms with E-state index in [0.29, 0.717) is 18.2 Å². The van der Waals surface area contributed by atoms with E-state index in [9.17, 15) is 14.7 Å². The van der Waals surface area contributed by atoms with Crippen molar-refractivity contribution in [1.29, 1.82) is 0 Å². The van der Waals surface area contributed by atoms with Gasteiger partial charge in [0, 0.05) is 41.6 Å². The third kappa shape index (κ3) is 4.04. The molecule has 1 aliphatic heterocycles. The Kier molecular flexibility index (Phi) is 6.02. The van der Waals surface area contributed by atoms with E-state index in [-0.39, 0.29) is 12.5 Å². The first-order chi connectivity index (χ1) is 13.3. The molecule has 0 bridgehead atoms. The zero-order valence-corrected chi connectivity index (χ0v) is 16.8. The number of fused-ring (bicyclic) bond motifs is 2. The maximum atomic E-state index is 9.55. The number of aromatic nitrogens is 1. The van der Waals surface area contributed by atoms with Gasteiger partial charge in [-0.15, -0.1) is 0 Å². The van der Waals surface area contributed by atoms with Crippen LogP contribution in [0.1, 0.15) is 11.1 Å². The Balaban J connectivity index is 0.000000242. The summed E-state index contributed by atoms with van der Waals surface area (Å²) in [5.41, 5.74) is 5.27. The van der Waals surface area contributed by atoms with Gasteiger partial charge in [0.15, 0.2) is 0 Å². The maximum absolute atomic E-state index is 9.55. The van der Waals surface area contributed by atoms with Crippen molar-refractivity contribution in [2.75, 3.05) is 20.2 Å². The summed E-state index contributed by atoms with van der Waals surface area (Å²) in [5.74, 6) is -2.27. The van der Waals surface area contributed by atoms with E-state index in [2.05, 4.69) is 57.1 Å². The molecule has 2 aliphatic rings. The number of hydrogen-bond acceptors (Lipinski definition) is 4. The molecular formula is C20H21BrN2O5. The van der Waals surface area contributed by atoms with Crippen LogP contribution in [0, 0.1) is 5.92 Å². The number of benzene rings is 1. The maximum Gasteiger partial charge on any atom is 0.328 e. The molecule has 7 nitrogen and oxygen atoms in total. The number of rotatable bonds is 3. The number of carboxylic acid groups (broad SMARTS) is 2. The topological polar surface area (TPSA) is 114 Å². The highest BCUT2D eigenvalue weighted by Crippen LogP contribution is 2.43. The molecule has 1 aromatic carbocycles. The number of aliphatic hydroxyl groups is 1. The minimum Gasteiger partial charge on any atom is -0.478 e. The van der Waals surface area contributed by atoms with Crippen LogP contribution in [0.4, 0.5) is 0 Å². The summed E-state index contributed by atoms with van der Waals surface area (Å²) in [6, 6.07) is 6.86. The number of hydrogen-bond donors (Lipinski definition) is 4. The monoisotopic (exact) mass is 448 g/mol. The fourth-order valence-corrected chi connectivity index (χ4v) is 4.42. The van der Waals surface area contributed by atoms with Gasteiger partial charge in [-0.1, -0.05) is 18.2 Å². The van der Waals surface area contributed by atoms with Crippen LogP contribution in [0.3, 0.4) is 0 Å². The molecule has 4 N–H and O–H groups in total. The zero-order valence-electron chi connectivity index (χ0n) is 15.2. The first-order valence-corrected chi connectivity index (χ1v) is 9.57. The lowest BCUT2D eigenvalue weighted by atomic mass is 9.80. The van der Waals surface area contributed by atoms with Gasteiger partial charge in [0.1, 0.15) is 0 Å². The Morgan fingerprint density at radius 1 is 1.29 bits per heavy atom. The van der Waals surface area contributed by atoms with Crippen LogP contribution in [0.5, 0.6) is 0 Å². The number of aliphatic carboxylic acids is 2. The van der Waals surface area contributed by atoms with E-state index in [4.69, 9.17) is 10.2 Å². The second-order valence-electron chi connectivity index (χ2n) is 6.88. The van der Waals surface area contributed by atoms with Crippen molar-refractivity contribution in [3.63, 3.8) is 0 Å². The zero-order chi connectivity index (χ0) is 20.4. The lowest BCUT2D eigenvalue weighted by Crippen LogP contribution is -2.43. The highest BCUT2D eigenvalue weighted by atomic mass is 79.9. The van der Waals surface area contributed by atoms with E-state index in [1.807, 2.05) is 0 Å². The lowest BCUT2D eigenvalue weighted by molar-refractivity contribution is -0.134. The molecule has 28 heavy (non-hydrogen) atoms. The van der Waals surface area contributed by atoms with Gasteiger partial charge in [-0.25, -0.2) is 9.59 Å². The minimum absolute atomic E-state index is 0.222. The van der Waals surface area contributed by atoms with Crippen molar-refractivity contribution in [3.8, 4) is 0 Å². The van der Waals surface area contributed by atoms with E-state index in [1.165, 1.54) is 27.6 Å². The predicted octanol–water partition coefficient (Wildman–Crippen LogP) is 2.50. The van der Waals surface area contributed by atoms with Crippen molar-refractivity contribution in [2.24, 2.45) is 5.92 Å². The number of H-pyrrole nitrogens is 1. The predicted molar refractivity (Wildman–Crippen MR) is 109 cm³/mol. The Morgan fingerprint density at radius 3 is 2.57 bits per heavy atom. The summed E-state index contributed by atoms with van der Waals surface area (Å²) in [7, 11) is 2.16. The normalized spacial score (nSPS) is 21.0. The molecule has 0 saturated heterocycles. The second-order valence-corrected chi connectivity index (χ2v) is 7.67. The molecule has 0 saturated carbocycles. The number of carbonyl (C=O) groups is 2. The van der Waals surface area contributed by atoms with Crippen LogP contribution in [0.15, 0.2) is 41.0 Å². The molecule has 2 aromatic rings. The van der Waals surface area contributed by atoms with Crippen molar-refractivity contribution in [3.05, 3.63) is 52.2 Å². The average Bonchev–Trinajstić information content (AvgIpc) is 2.98. The number of aliphatic hydroxyl groups excluding tert-OH is 1. The molecule has 1 aliphatic carbocycles. The molecule has 0 amide bonds. The van der Waals surface area contributed by atoms with Gasteiger partial charge < -0.3 is 20.3 Å². The number of carboxylic acids is 2. The van der Waals surface area contributed by atoms with Crippen LogP contribution < -0.4 is 0 Å². The van der Waals surface area contributed by atoms with Crippen LogP contribution in [-0.4, -0.2) is 63.4 Å². The largest absolute Gasteiger partial charge is 0.478 e. The first kappa shape index (κ1) is 20.3. The summed E-state index contributed by atoms with van der Waals surface area (Å²) in [5, 5.41) is 26.5. The molecule has 148 valence electrons. The number of aromatic amines is 1. The van der Waals surface area contributed by atoms with Crippen molar-refractivity contribution >= 4 is 44.3 Å². The van der Waals surface area contributed by atoms with Gasteiger partial charge in [0.05, 0.1) is 11.2 Å². The van der Waals surface area contributed by atoms with Crippen molar-refractivity contribution in [2.45, 2.75) is 12.5 Å². The third-order valence-corrected chi connectivity index (χ3v) is 5.69. The highest BCUT2D eigenvalue weighted by Gasteiger charge is 2.34. The fraction of sp³-hybridized carbons (Fsp3) is 0.300. The summed E-state index contributed by atoms with van der Waals surface area (Å²) in [6.45, 7) is 1.15. The molecule has 8 heteroatoms. The number of nitrogens with zero attached hydrogens (tertiary/aromatic N) is 1. The van der Waals surface area contributed by atoms with Crippen LogP contribution in [-0.2, 0) is 16.0 Å². The van der Waals surface area contributed by atoms with Crippen molar-refractivity contribution < 1.29 is 24.9 Å². The van der Waals surface area contributed by atoms with Gasteiger partial charge >= 0.3 is 11.9 Å². The molecular weight excluding hydrogens is 428 g/mol. The lowest BCUT2D eigenvalue weighted by Gasteiger charge is -2.39. The summed E-state index contributed by atoms with van der Waals surface area (Å²) in [6.07, 6.45) is 4.42. The Labute approximate surface area is 170 Å².